The Hall–Kier alpha value is -2.68. The molecule has 1 aliphatic rings. The SMILES string of the molecule is C=CCOc1cccc(/C=N\NC(=O)C2CCN(S(=O)(=O)c3ccc(Cl)cc3)CC2)c1. The maximum absolute atomic E-state index is 12.7. The van der Waals surface area contributed by atoms with Gasteiger partial charge in [-0.25, -0.2) is 13.8 Å². The Bertz CT molecular complexity index is 1050. The number of halogens is 1. The second-order valence-electron chi connectivity index (χ2n) is 7.04. The molecule has 1 aliphatic heterocycles. The van der Waals surface area contributed by atoms with Crippen LogP contribution in [0.25, 0.3) is 0 Å². The molecule has 0 saturated carbocycles. The number of hydrogen-bond donors (Lipinski definition) is 1. The summed E-state index contributed by atoms with van der Waals surface area (Å²) in [6.07, 6.45) is 4.06. The summed E-state index contributed by atoms with van der Waals surface area (Å²) in [7, 11) is -3.60. The van der Waals surface area contributed by atoms with Crippen LogP contribution in [0, 0.1) is 5.92 Å². The lowest BCUT2D eigenvalue weighted by Gasteiger charge is -2.30. The zero-order chi connectivity index (χ0) is 22.3. The maximum atomic E-state index is 12.7. The fraction of sp³-hybridized carbons (Fsp3) is 0.273. The molecule has 31 heavy (non-hydrogen) atoms. The summed E-state index contributed by atoms with van der Waals surface area (Å²) < 4.78 is 32.3. The minimum absolute atomic E-state index is 0.198. The van der Waals surface area contributed by atoms with Crippen LogP contribution in [0.3, 0.4) is 0 Å². The summed E-state index contributed by atoms with van der Waals surface area (Å²) in [5, 5.41) is 4.49. The standard InChI is InChI=1S/C22H24ClN3O4S/c1-2-14-30-20-5-3-4-17(15-20)16-24-25-22(27)18-10-12-26(13-11-18)31(28,29)21-8-6-19(23)7-9-21/h2-9,15-16,18H,1,10-14H2,(H,25,27)/b24-16-. The average Bonchev–Trinajstić information content (AvgIpc) is 2.78. The van der Waals surface area contributed by atoms with Gasteiger partial charge < -0.3 is 4.74 Å². The summed E-state index contributed by atoms with van der Waals surface area (Å²) in [4.78, 5) is 12.6. The molecule has 0 atom stereocenters. The lowest BCUT2D eigenvalue weighted by atomic mass is 9.98. The highest BCUT2D eigenvalue weighted by Crippen LogP contribution is 2.25. The Labute approximate surface area is 187 Å². The van der Waals surface area contributed by atoms with Crippen molar-refractivity contribution < 1.29 is 17.9 Å². The lowest BCUT2D eigenvalue weighted by Crippen LogP contribution is -2.42. The normalized spacial score (nSPS) is 15.6. The van der Waals surface area contributed by atoms with Crippen LogP contribution in [-0.4, -0.2) is 44.5 Å². The molecule has 0 spiro atoms. The molecule has 9 heteroatoms. The van der Waals surface area contributed by atoms with Gasteiger partial charge in [-0.3, -0.25) is 4.79 Å². The fourth-order valence-corrected chi connectivity index (χ4v) is 4.81. The second-order valence-corrected chi connectivity index (χ2v) is 9.41. The number of hydrogen-bond acceptors (Lipinski definition) is 5. The van der Waals surface area contributed by atoms with Gasteiger partial charge >= 0.3 is 0 Å². The van der Waals surface area contributed by atoms with E-state index in [0.29, 0.717) is 30.2 Å². The number of rotatable bonds is 8. The third-order valence-corrected chi connectivity index (χ3v) is 7.06. The monoisotopic (exact) mass is 461 g/mol. The minimum Gasteiger partial charge on any atom is -0.490 e. The van der Waals surface area contributed by atoms with E-state index in [1.807, 2.05) is 18.2 Å². The molecule has 2 aromatic carbocycles. The number of ether oxygens (including phenoxy) is 1. The van der Waals surface area contributed by atoms with Crippen molar-refractivity contribution in [3.8, 4) is 5.75 Å². The van der Waals surface area contributed by atoms with Crippen LogP contribution in [-0.2, 0) is 14.8 Å². The number of sulfonamides is 1. The van der Waals surface area contributed by atoms with E-state index in [1.54, 1.807) is 30.5 Å². The first-order valence-corrected chi connectivity index (χ1v) is 11.6. The Morgan fingerprint density at radius 1 is 1.23 bits per heavy atom. The first-order valence-electron chi connectivity index (χ1n) is 9.82. The van der Waals surface area contributed by atoms with Crippen LogP contribution in [0.15, 0.2) is 71.2 Å². The molecule has 2 aromatic rings. The van der Waals surface area contributed by atoms with Gasteiger partial charge in [0.25, 0.3) is 0 Å². The highest BCUT2D eigenvalue weighted by molar-refractivity contribution is 7.89. The summed E-state index contributed by atoms with van der Waals surface area (Å²) in [5.41, 5.74) is 3.33. The van der Waals surface area contributed by atoms with Crippen LogP contribution in [0.4, 0.5) is 0 Å². The molecule has 7 nitrogen and oxygen atoms in total. The number of nitrogens with one attached hydrogen (secondary N) is 1. The first kappa shape index (κ1) is 23.0. The van der Waals surface area contributed by atoms with Crippen LogP contribution >= 0.6 is 11.6 Å². The molecule has 1 N–H and O–H groups in total. The van der Waals surface area contributed by atoms with Crippen molar-refractivity contribution in [2.75, 3.05) is 19.7 Å². The van der Waals surface area contributed by atoms with E-state index in [1.165, 1.54) is 16.4 Å². The van der Waals surface area contributed by atoms with E-state index >= 15 is 0 Å². The Kier molecular flexibility index (Phi) is 7.84. The molecule has 164 valence electrons. The van der Waals surface area contributed by atoms with Crippen LogP contribution in [0.1, 0.15) is 18.4 Å². The number of hydrazone groups is 1. The first-order chi connectivity index (χ1) is 14.9. The van der Waals surface area contributed by atoms with Gasteiger partial charge in [0.2, 0.25) is 15.9 Å². The predicted molar refractivity (Wildman–Crippen MR) is 121 cm³/mol. The van der Waals surface area contributed by atoms with Crippen molar-refractivity contribution in [1.29, 1.82) is 0 Å². The van der Waals surface area contributed by atoms with Crippen molar-refractivity contribution in [2.45, 2.75) is 17.7 Å². The van der Waals surface area contributed by atoms with Crippen LogP contribution < -0.4 is 10.2 Å². The van der Waals surface area contributed by atoms with E-state index < -0.39 is 10.0 Å². The molecule has 0 radical (unpaired) electrons. The van der Waals surface area contributed by atoms with Gasteiger partial charge in [-0.05, 0) is 54.8 Å². The van der Waals surface area contributed by atoms with Gasteiger partial charge in [-0.1, -0.05) is 36.4 Å². The van der Waals surface area contributed by atoms with E-state index in [2.05, 4.69) is 17.1 Å². The minimum atomic E-state index is -3.60. The van der Waals surface area contributed by atoms with Crippen LogP contribution in [0.5, 0.6) is 5.75 Å². The molecule has 3 rings (SSSR count). The molecule has 1 fully saturated rings. The highest BCUT2D eigenvalue weighted by atomic mass is 35.5. The quantitative estimate of drug-likeness (QED) is 0.370. The Balaban J connectivity index is 1.52. The topological polar surface area (TPSA) is 88.1 Å². The van der Waals surface area contributed by atoms with Gasteiger partial charge in [-0.15, -0.1) is 0 Å². The van der Waals surface area contributed by atoms with Gasteiger partial charge in [0.1, 0.15) is 12.4 Å². The molecule has 0 aromatic heterocycles. The van der Waals surface area contributed by atoms with Gasteiger partial charge in [0, 0.05) is 24.0 Å². The molecular weight excluding hydrogens is 438 g/mol. The molecule has 1 amide bonds. The summed E-state index contributed by atoms with van der Waals surface area (Å²) in [6, 6.07) is 13.4. The zero-order valence-corrected chi connectivity index (χ0v) is 18.5. The summed E-state index contributed by atoms with van der Waals surface area (Å²) >= 11 is 5.84. The fourth-order valence-electron chi connectivity index (χ4n) is 3.22. The Morgan fingerprint density at radius 2 is 1.94 bits per heavy atom. The van der Waals surface area contributed by atoms with Crippen molar-refractivity contribution in [3.63, 3.8) is 0 Å². The third kappa shape index (κ3) is 6.16. The molecule has 0 aliphatic carbocycles. The molecule has 1 heterocycles. The molecule has 0 bridgehead atoms. The highest BCUT2D eigenvalue weighted by Gasteiger charge is 2.32. The molecule has 1 saturated heterocycles. The Morgan fingerprint density at radius 3 is 2.61 bits per heavy atom. The number of carbonyl (C=O) groups is 1. The second kappa shape index (κ2) is 10.6. The van der Waals surface area contributed by atoms with Crippen molar-refractivity contribution >= 4 is 33.7 Å². The van der Waals surface area contributed by atoms with Crippen molar-refractivity contribution in [2.24, 2.45) is 11.0 Å². The van der Waals surface area contributed by atoms with Crippen LogP contribution in [0.2, 0.25) is 5.02 Å². The molecular formula is C22H24ClN3O4S. The van der Waals surface area contributed by atoms with Crippen molar-refractivity contribution in [1.82, 2.24) is 9.73 Å². The number of nitrogens with zero attached hydrogens (tertiary/aromatic N) is 2. The molecule has 0 unspecified atom stereocenters. The zero-order valence-electron chi connectivity index (χ0n) is 16.9. The van der Waals surface area contributed by atoms with Gasteiger partial charge in [-0.2, -0.15) is 9.41 Å². The number of amides is 1. The maximum Gasteiger partial charge on any atom is 0.243 e. The van der Waals surface area contributed by atoms with E-state index in [9.17, 15) is 13.2 Å². The van der Waals surface area contributed by atoms with Gasteiger partial charge in [0.05, 0.1) is 11.1 Å². The number of piperidine rings is 1. The third-order valence-electron chi connectivity index (χ3n) is 4.89. The van der Waals surface area contributed by atoms with Crippen molar-refractivity contribution in [3.05, 3.63) is 71.8 Å². The summed E-state index contributed by atoms with van der Waals surface area (Å²) in [5.74, 6) is 0.166. The smallest absolute Gasteiger partial charge is 0.243 e. The van der Waals surface area contributed by atoms with E-state index in [0.717, 1.165) is 5.56 Å². The largest absolute Gasteiger partial charge is 0.490 e. The number of carbonyl (C=O) groups excluding carboxylic acids is 1. The average molecular weight is 462 g/mol. The van der Waals surface area contributed by atoms with E-state index in [-0.39, 0.29) is 29.8 Å². The van der Waals surface area contributed by atoms with E-state index in [4.69, 9.17) is 16.3 Å². The van der Waals surface area contributed by atoms with Gasteiger partial charge in [0.15, 0.2) is 0 Å². The lowest BCUT2D eigenvalue weighted by molar-refractivity contribution is -0.126. The predicted octanol–water partition coefficient (Wildman–Crippen LogP) is 3.46. The summed E-state index contributed by atoms with van der Waals surface area (Å²) in [6.45, 7) is 4.56. The number of benzene rings is 2.